The van der Waals surface area contributed by atoms with Crippen LogP contribution in [0.3, 0.4) is 0 Å². The monoisotopic (exact) mass is 274 g/mol. The Morgan fingerprint density at radius 2 is 2.10 bits per heavy atom. The molecule has 1 heterocycles. The van der Waals surface area contributed by atoms with Crippen LogP contribution in [0.1, 0.15) is 50.2 Å². The SMILES string of the molecule is CCOC(=O)CC1CCC2(CC1)OCc1ccccc12. The van der Waals surface area contributed by atoms with Gasteiger partial charge in [-0.2, -0.15) is 0 Å². The fraction of sp³-hybridized carbons (Fsp3) is 0.588. The Bertz CT molecular complexity index is 487. The predicted octanol–water partition coefficient (Wildman–Crippen LogP) is 3.56. The molecule has 1 spiro atoms. The zero-order chi connectivity index (χ0) is 14.0. The van der Waals surface area contributed by atoms with Crippen molar-refractivity contribution in [3.63, 3.8) is 0 Å². The molecule has 2 aliphatic rings. The lowest BCUT2D eigenvalue weighted by Crippen LogP contribution is -2.32. The fourth-order valence-corrected chi connectivity index (χ4v) is 3.60. The highest BCUT2D eigenvalue weighted by molar-refractivity contribution is 5.69. The fourth-order valence-electron chi connectivity index (χ4n) is 3.60. The van der Waals surface area contributed by atoms with E-state index in [4.69, 9.17) is 9.47 Å². The van der Waals surface area contributed by atoms with Gasteiger partial charge in [0.25, 0.3) is 0 Å². The summed E-state index contributed by atoms with van der Waals surface area (Å²) in [7, 11) is 0. The van der Waals surface area contributed by atoms with E-state index >= 15 is 0 Å². The molecule has 0 unspecified atom stereocenters. The number of fused-ring (bicyclic) bond motifs is 2. The van der Waals surface area contributed by atoms with Crippen LogP contribution in [0.15, 0.2) is 24.3 Å². The van der Waals surface area contributed by atoms with Crippen molar-refractivity contribution >= 4 is 5.97 Å². The van der Waals surface area contributed by atoms with E-state index in [2.05, 4.69) is 24.3 Å². The first-order valence-electron chi connectivity index (χ1n) is 7.61. The van der Waals surface area contributed by atoms with Crippen LogP contribution in [-0.2, 0) is 26.5 Å². The van der Waals surface area contributed by atoms with Gasteiger partial charge in [0.05, 0.1) is 18.8 Å². The Hall–Kier alpha value is -1.35. The molecule has 1 saturated carbocycles. The van der Waals surface area contributed by atoms with E-state index in [9.17, 15) is 4.79 Å². The smallest absolute Gasteiger partial charge is 0.306 e. The first-order chi connectivity index (χ1) is 9.73. The molecule has 0 atom stereocenters. The lowest BCUT2D eigenvalue weighted by molar-refractivity contribution is -0.145. The van der Waals surface area contributed by atoms with Gasteiger partial charge in [-0.15, -0.1) is 0 Å². The van der Waals surface area contributed by atoms with Crippen molar-refractivity contribution in [2.75, 3.05) is 6.61 Å². The van der Waals surface area contributed by atoms with Gasteiger partial charge in [-0.1, -0.05) is 24.3 Å². The van der Waals surface area contributed by atoms with Crippen molar-refractivity contribution in [3.8, 4) is 0 Å². The van der Waals surface area contributed by atoms with Crippen molar-refractivity contribution in [3.05, 3.63) is 35.4 Å². The number of esters is 1. The summed E-state index contributed by atoms with van der Waals surface area (Å²) in [6, 6.07) is 8.54. The summed E-state index contributed by atoms with van der Waals surface area (Å²) in [5.41, 5.74) is 2.62. The van der Waals surface area contributed by atoms with E-state index in [0.717, 1.165) is 32.3 Å². The zero-order valence-corrected chi connectivity index (χ0v) is 12.1. The van der Waals surface area contributed by atoms with E-state index in [1.54, 1.807) is 0 Å². The Balaban J connectivity index is 1.63. The molecular formula is C17H22O3. The van der Waals surface area contributed by atoms with Crippen LogP contribution in [-0.4, -0.2) is 12.6 Å². The molecule has 20 heavy (non-hydrogen) atoms. The van der Waals surface area contributed by atoms with Gasteiger partial charge in [-0.25, -0.2) is 0 Å². The molecule has 1 aromatic carbocycles. The highest BCUT2D eigenvalue weighted by Gasteiger charge is 2.42. The molecule has 3 heteroatoms. The minimum atomic E-state index is -0.0816. The lowest BCUT2D eigenvalue weighted by atomic mass is 9.74. The summed E-state index contributed by atoms with van der Waals surface area (Å²) in [4.78, 5) is 11.6. The molecule has 0 radical (unpaired) electrons. The van der Waals surface area contributed by atoms with Gasteiger partial charge >= 0.3 is 5.97 Å². The normalized spacial score (nSPS) is 28.4. The second-order valence-electron chi connectivity index (χ2n) is 5.89. The van der Waals surface area contributed by atoms with Crippen molar-refractivity contribution < 1.29 is 14.3 Å². The highest BCUT2D eigenvalue weighted by atomic mass is 16.5. The topological polar surface area (TPSA) is 35.5 Å². The Kier molecular flexibility index (Phi) is 3.79. The zero-order valence-electron chi connectivity index (χ0n) is 12.1. The van der Waals surface area contributed by atoms with Gasteiger partial charge in [-0.05, 0) is 49.7 Å². The third-order valence-electron chi connectivity index (χ3n) is 4.69. The molecule has 0 bridgehead atoms. The summed E-state index contributed by atoms with van der Waals surface area (Å²) < 4.78 is 11.2. The van der Waals surface area contributed by atoms with Crippen LogP contribution >= 0.6 is 0 Å². The summed E-state index contributed by atoms with van der Waals surface area (Å²) in [5, 5.41) is 0. The molecular weight excluding hydrogens is 252 g/mol. The minimum absolute atomic E-state index is 0.0545. The Labute approximate surface area is 120 Å². The number of hydrogen-bond acceptors (Lipinski definition) is 3. The molecule has 0 saturated heterocycles. The molecule has 1 aliphatic heterocycles. The van der Waals surface area contributed by atoms with Gasteiger partial charge in [-0.3, -0.25) is 4.79 Å². The molecule has 1 fully saturated rings. The van der Waals surface area contributed by atoms with E-state index in [-0.39, 0.29) is 11.6 Å². The van der Waals surface area contributed by atoms with Crippen molar-refractivity contribution in [2.24, 2.45) is 5.92 Å². The molecule has 0 aromatic heterocycles. The summed E-state index contributed by atoms with van der Waals surface area (Å²) in [6.45, 7) is 3.07. The van der Waals surface area contributed by atoms with Crippen LogP contribution in [0, 0.1) is 5.92 Å². The maximum absolute atomic E-state index is 11.6. The second kappa shape index (κ2) is 5.57. The number of carbonyl (C=O) groups is 1. The third kappa shape index (κ3) is 2.47. The van der Waals surface area contributed by atoms with Gasteiger partial charge in [0, 0.05) is 6.42 Å². The number of hydrogen-bond donors (Lipinski definition) is 0. The second-order valence-corrected chi connectivity index (χ2v) is 5.89. The number of rotatable bonds is 3. The molecule has 3 rings (SSSR count). The molecule has 3 nitrogen and oxygen atoms in total. The minimum Gasteiger partial charge on any atom is -0.466 e. The largest absolute Gasteiger partial charge is 0.466 e. The van der Waals surface area contributed by atoms with Crippen LogP contribution in [0.4, 0.5) is 0 Å². The van der Waals surface area contributed by atoms with Gasteiger partial charge in [0.15, 0.2) is 0 Å². The van der Waals surface area contributed by atoms with E-state index in [1.807, 2.05) is 6.92 Å². The predicted molar refractivity (Wildman–Crippen MR) is 76.1 cm³/mol. The van der Waals surface area contributed by atoms with Crippen molar-refractivity contribution in [1.82, 2.24) is 0 Å². The third-order valence-corrected chi connectivity index (χ3v) is 4.69. The Morgan fingerprint density at radius 3 is 2.85 bits per heavy atom. The van der Waals surface area contributed by atoms with Crippen LogP contribution < -0.4 is 0 Å². The number of benzene rings is 1. The van der Waals surface area contributed by atoms with Crippen molar-refractivity contribution in [2.45, 2.75) is 51.2 Å². The molecule has 108 valence electrons. The van der Waals surface area contributed by atoms with E-state index < -0.39 is 0 Å². The maximum Gasteiger partial charge on any atom is 0.306 e. The maximum atomic E-state index is 11.6. The summed E-state index contributed by atoms with van der Waals surface area (Å²) in [6.07, 6.45) is 4.70. The van der Waals surface area contributed by atoms with Gasteiger partial charge in [0.1, 0.15) is 0 Å². The summed E-state index contributed by atoms with van der Waals surface area (Å²) in [5.74, 6) is 0.400. The van der Waals surface area contributed by atoms with Crippen LogP contribution in [0.2, 0.25) is 0 Å². The van der Waals surface area contributed by atoms with E-state index in [0.29, 0.717) is 18.9 Å². The number of carbonyl (C=O) groups excluding carboxylic acids is 1. The van der Waals surface area contributed by atoms with Crippen LogP contribution in [0.5, 0.6) is 0 Å². The lowest BCUT2D eigenvalue weighted by Gasteiger charge is -2.37. The highest BCUT2D eigenvalue weighted by Crippen LogP contribution is 2.48. The summed E-state index contributed by atoms with van der Waals surface area (Å²) >= 11 is 0. The molecule has 0 N–H and O–H groups in total. The van der Waals surface area contributed by atoms with Crippen LogP contribution in [0.25, 0.3) is 0 Å². The number of ether oxygens (including phenoxy) is 2. The average Bonchev–Trinajstić information content (AvgIpc) is 2.82. The quantitative estimate of drug-likeness (QED) is 0.791. The average molecular weight is 274 g/mol. The van der Waals surface area contributed by atoms with Gasteiger partial charge in [0.2, 0.25) is 0 Å². The van der Waals surface area contributed by atoms with Gasteiger partial charge < -0.3 is 9.47 Å². The first kappa shape index (κ1) is 13.6. The molecule has 1 aromatic rings. The van der Waals surface area contributed by atoms with E-state index in [1.165, 1.54) is 11.1 Å². The van der Waals surface area contributed by atoms with Crippen molar-refractivity contribution in [1.29, 1.82) is 0 Å². The molecule has 1 aliphatic carbocycles. The standard InChI is InChI=1S/C17H22O3/c1-2-19-16(18)11-13-7-9-17(10-8-13)15-6-4-3-5-14(15)12-20-17/h3-6,13H,2,7-12H2,1H3. The first-order valence-corrected chi connectivity index (χ1v) is 7.61. The molecule has 0 amide bonds. The Morgan fingerprint density at radius 1 is 1.35 bits per heavy atom.